The summed E-state index contributed by atoms with van der Waals surface area (Å²) in [7, 11) is 3.51. The maximum absolute atomic E-state index is 13.6. The van der Waals surface area contributed by atoms with Crippen LogP contribution in [-0.2, 0) is 16.1 Å². The molecule has 1 aliphatic rings. The van der Waals surface area contributed by atoms with Crippen LogP contribution in [0.4, 0.5) is 10.1 Å². The van der Waals surface area contributed by atoms with Crippen LogP contribution in [0.25, 0.3) is 0 Å². The number of carbonyl (C=O) groups excluding carboxylic acids is 1. The van der Waals surface area contributed by atoms with Gasteiger partial charge >= 0.3 is 0 Å². The highest BCUT2D eigenvalue weighted by Gasteiger charge is 2.42. The standard InChI is InChI=1S/C21H25ClFN3O.CH2O2/c1-25(2)20(27)21(24-18-8-5-7-17(23)14-18)10-12-26(13-11-21)15-16-6-3-4-9-19(16)22;2-1-3/h3-9,14,24H,10-13,15H2,1-2H3;1H,(H,2,3). The summed E-state index contributed by atoms with van der Waals surface area (Å²) < 4.78 is 13.6. The second-order valence-electron chi connectivity index (χ2n) is 7.39. The van der Waals surface area contributed by atoms with Crippen molar-refractivity contribution in [2.75, 3.05) is 32.5 Å². The topological polar surface area (TPSA) is 72.9 Å². The molecule has 0 aromatic heterocycles. The molecule has 0 aliphatic carbocycles. The number of nitrogens with one attached hydrogen (secondary N) is 1. The number of nitrogens with zero attached hydrogens (tertiary/aromatic N) is 2. The van der Waals surface area contributed by atoms with Gasteiger partial charge in [0.25, 0.3) is 6.47 Å². The molecule has 1 fully saturated rings. The van der Waals surface area contributed by atoms with E-state index in [4.69, 9.17) is 21.5 Å². The van der Waals surface area contributed by atoms with Gasteiger partial charge in [0.15, 0.2) is 0 Å². The van der Waals surface area contributed by atoms with Gasteiger partial charge in [-0.3, -0.25) is 14.5 Å². The molecule has 2 aromatic carbocycles. The molecule has 1 amide bonds. The number of amides is 1. The molecule has 8 heteroatoms. The van der Waals surface area contributed by atoms with Gasteiger partial charge in [0, 0.05) is 44.4 Å². The van der Waals surface area contributed by atoms with Gasteiger partial charge < -0.3 is 15.3 Å². The first-order chi connectivity index (χ1) is 14.3. The van der Waals surface area contributed by atoms with Crippen LogP contribution in [0.3, 0.4) is 0 Å². The Morgan fingerprint density at radius 1 is 1.23 bits per heavy atom. The Labute approximate surface area is 181 Å². The summed E-state index contributed by atoms with van der Waals surface area (Å²) in [5.41, 5.74) is 0.988. The Balaban J connectivity index is 0.00000101. The van der Waals surface area contributed by atoms with E-state index in [9.17, 15) is 9.18 Å². The van der Waals surface area contributed by atoms with Crippen LogP contribution in [0.15, 0.2) is 48.5 Å². The third kappa shape index (κ3) is 6.18. The molecule has 0 unspecified atom stereocenters. The molecular formula is C22H27ClFN3O3. The van der Waals surface area contributed by atoms with Crippen molar-refractivity contribution in [3.05, 3.63) is 64.9 Å². The highest BCUT2D eigenvalue weighted by molar-refractivity contribution is 6.31. The zero-order chi connectivity index (χ0) is 22.1. The van der Waals surface area contributed by atoms with Gasteiger partial charge in [0.2, 0.25) is 5.91 Å². The number of likely N-dealkylation sites (tertiary alicyclic amines) is 1. The van der Waals surface area contributed by atoms with Crippen LogP contribution in [0, 0.1) is 5.82 Å². The van der Waals surface area contributed by atoms with E-state index in [2.05, 4.69) is 10.2 Å². The van der Waals surface area contributed by atoms with Crippen molar-refractivity contribution < 1.29 is 19.1 Å². The van der Waals surface area contributed by atoms with E-state index in [-0.39, 0.29) is 18.2 Å². The van der Waals surface area contributed by atoms with Gasteiger partial charge in [-0.15, -0.1) is 0 Å². The Hall–Kier alpha value is -2.64. The fourth-order valence-corrected chi connectivity index (χ4v) is 3.82. The van der Waals surface area contributed by atoms with Crippen molar-refractivity contribution in [2.45, 2.75) is 24.9 Å². The largest absolute Gasteiger partial charge is 0.483 e. The zero-order valence-electron chi connectivity index (χ0n) is 17.1. The van der Waals surface area contributed by atoms with Crippen molar-refractivity contribution in [2.24, 2.45) is 0 Å². The van der Waals surface area contributed by atoms with Crippen molar-refractivity contribution in [3.8, 4) is 0 Å². The monoisotopic (exact) mass is 435 g/mol. The van der Waals surface area contributed by atoms with Crippen LogP contribution in [0.1, 0.15) is 18.4 Å². The van der Waals surface area contributed by atoms with Gasteiger partial charge in [-0.2, -0.15) is 0 Å². The number of hydrogen-bond donors (Lipinski definition) is 2. The van der Waals surface area contributed by atoms with E-state index in [0.717, 1.165) is 30.2 Å². The lowest BCUT2D eigenvalue weighted by atomic mass is 9.85. The minimum atomic E-state index is -0.728. The Morgan fingerprint density at radius 3 is 2.43 bits per heavy atom. The Kier molecular flexibility index (Phi) is 8.62. The summed E-state index contributed by atoms with van der Waals surface area (Å²) >= 11 is 6.28. The number of anilines is 1. The lowest BCUT2D eigenvalue weighted by molar-refractivity contribution is -0.135. The molecule has 162 valence electrons. The average Bonchev–Trinajstić information content (AvgIpc) is 2.71. The summed E-state index contributed by atoms with van der Waals surface area (Å²) in [6, 6.07) is 14.1. The van der Waals surface area contributed by atoms with E-state index in [1.165, 1.54) is 12.1 Å². The third-order valence-corrected chi connectivity index (χ3v) is 5.45. The van der Waals surface area contributed by atoms with Crippen molar-refractivity contribution in [1.29, 1.82) is 0 Å². The van der Waals surface area contributed by atoms with Crippen molar-refractivity contribution >= 4 is 29.7 Å². The van der Waals surface area contributed by atoms with Gasteiger partial charge in [0.05, 0.1) is 0 Å². The molecule has 6 nitrogen and oxygen atoms in total. The van der Waals surface area contributed by atoms with Gasteiger partial charge in [-0.25, -0.2) is 4.39 Å². The summed E-state index contributed by atoms with van der Waals surface area (Å²) in [6.07, 6.45) is 1.29. The number of benzene rings is 2. The lowest BCUT2D eigenvalue weighted by Crippen LogP contribution is -2.57. The average molecular weight is 436 g/mol. The van der Waals surface area contributed by atoms with Crippen LogP contribution in [0.5, 0.6) is 0 Å². The van der Waals surface area contributed by atoms with Crippen molar-refractivity contribution in [1.82, 2.24) is 9.80 Å². The summed E-state index contributed by atoms with van der Waals surface area (Å²) in [5, 5.41) is 11.0. The second-order valence-corrected chi connectivity index (χ2v) is 7.80. The first-order valence-corrected chi connectivity index (χ1v) is 9.98. The van der Waals surface area contributed by atoms with Crippen LogP contribution >= 0.6 is 11.6 Å². The van der Waals surface area contributed by atoms with E-state index >= 15 is 0 Å². The number of likely N-dealkylation sites (N-methyl/N-ethyl adjacent to an activating group) is 1. The fourth-order valence-electron chi connectivity index (χ4n) is 3.62. The molecule has 0 bridgehead atoms. The number of halogens is 2. The molecule has 0 radical (unpaired) electrons. The smallest absolute Gasteiger partial charge is 0.290 e. The van der Waals surface area contributed by atoms with Gasteiger partial charge in [0.1, 0.15) is 11.4 Å². The lowest BCUT2D eigenvalue weighted by Gasteiger charge is -2.43. The predicted molar refractivity (Wildman–Crippen MR) is 116 cm³/mol. The molecule has 0 atom stereocenters. The van der Waals surface area contributed by atoms with E-state index < -0.39 is 5.54 Å². The molecular weight excluding hydrogens is 409 g/mol. The molecule has 1 aliphatic heterocycles. The zero-order valence-corrected chi connectivity index (χ0v) is 17.9. The maximum Gasteiger partial charge on any atom is 0.290 e. The normalized spacial score (nSPS) is 15.5. The SMILES string of the molecule is CN(C)C(=O)C1(Nc2cccc(F)c2)CCN(Cc2ccccc2Cl)CC1.O=CO. The van der Waals surface area contributed by atoms with Crippen LogP contribution in [-0.4, -0.2) is 60.0 Å². The first kappa shape index (κ1) is 23.6. The first-order valence-electron chi connectivity index (χ1n) is 9.60. The Bertz CT molecular complexity index is 855. The minimum absolute atomic E-state index is 0.0177. The van der Waals surface area contributed by atoms with E-state index in [0.29, 0.717) is 18.5 Å². The summed E-state index contributed by atoms with van der Waals surface area (Å²) in [6.45, 7) is 2.02. The van der Waals surface area contributed by atoms with Gasteiger partial charge in [-0.1, -0.05) is 35.9 Å². The Morgan fingerprint density at radius 2 is 1.87 bits per heavy atom. The molecule has 2 aromatic rings. The van der Waals surface area contributed by atoms with Crippen LogP contribution in [0.2, 0.25) is 5.02 Å². The van der Waals surface area contributed by atoms with Crippen molar-refractivity contribution in [3.63, 3.8) is 0 Å². The molecule has 30 heavy (non-hydrogen) atoms. The minimum Gasteiger partial charge on any atom is -0.483 e. The highest BCUT2D eigenvalue weighted by Crippen LogP contribution is 2.30. The summed E-state index contributed by atoms with van der Waals surface area (Å²) in [4.78, 5) is 25.2. The van der Waals surface area contributed by atoms with E-state index in [1.807, 2.05) is 24.3 Å². The number of carbonyl (C=O) groups is 2. The number of piperidine rings is 1. The fraction of sp³-hybridized carbons (Fsp3) is 0.364. The molecule has 1 heterocycles. The summed E-state index contributed by atoms with van der Waals surface area (Å²) in [5.74, 6) is -0.298. The van der Waals surface area contributed by atoms with Gasteiger partial charge in [-0.05, 0) is 42.7 Å². The third-order valence-electron chi connectivity index (χ3n) is 5.09. The molecule has 0 spiro atoms. The van der Waals surface area contributed by atoms with E-state index in [1.54, 1.807) is 31.1 Å². The number of carboxylic acid groups (broad SMARTS) is 1. The molecule has 2 N–H and O–H groups in total. The second kappa shape index (κ2) is 10.9. The van der Waals surface area contributed by atoms with Crippen LogP contribution < -0.4 is 5.32 Å². The predicted octanol–water partition coefficient (Wildman–Crippen LogP) is 3.71. The number of rotatable bonds is 5. The molecule has 3 rings (SSSR count). The maximum atomic E-state index is 13.6. The molecule has 0 saturated carbocycles. The number of hydrogen-bond acceptors (Lipinski definition) is 4. The molecule has 1 saturated heterocycles. The quantitative estimate of drug-likeness (QED) is 0.700. The highest BCUT2D eigenvalue weighted by atomic mass is 35.5.